The van der Waals surface area contributed by atoms with E-state index in [9.17, 15) is 0 Å². The number of aryl methyl sites for hydroxylation is 1. The van der Waals surface area contributed by atoms with Gasteiger partial charge < -0.3 is 9.88 Å². The summed E-state index contributed by atoms with van der Waals surface area (Å²) in [5.41, 5.74) is 1.30. The van der Waals surface area contributed by atoms with Crippen LogP contribution in [0.2, 0.25) is 0 Å². The molecule has 1 aromatic heterocycles. The summed E-state index contributed by atoms with van der Waals surface area (Å²) in [6, 6.07) is 10.4. The van der Waals surface area contributed by atoms with E-state index in [2.05, 4.69) is 44.3 Å². The highest BCUT2D eigenvalue weighted by atomic mass is 32.2. The first-order valence-corrected chi connectivity index (χ1v) is 7.82. The molecule has 0 amide bonds. The Morgan fingerprint density at radius 2 is 2.00 bits per heavy atom. The molecule has 1 aliphatic rings. The Morgan fingerprint density at radius 3 is 2.89 bits per heavy atom. The molecule has 0 radical (unpaired) electrons. The SMILES string of the molecule is c1ccc(CNCc2nnc3n2CCSCC3)cc1. The second-order valence-electron chi connectivity index (χ2n) is 4.64. The van der Waals surface area contributed by atoms with Crippen LogP contribution >= 0.6 is 11.8 Å². The molecule has 100 valence electrons. The Balaban J connectivity index is 1.60. The summed E-state index contributed by atoms with van der Waals surface area (Å²) in [5.74, 6) is 4.53. The van der Waals surface area contributed by atoms with Crippen molar-refractivity contribution in [2.75, 3.05) is 11.5 Å². The molecular weight excluding hydrogens is 256 g/mol. The molecule has 0 saturated carbocycles. The number of aromatic nitrogens is 3. The van der Waals surface area contributed by atoms with Gasteiger partial charge in [0.05, 0.1) is 6.54 Å². The molecule has 0 atom stereocenters. The fourth-order valence-electron chi connectivity index (χ4n) is 2.28. The third kappa shape index (κ3) is 3.16. The van der Waals surface area contributed by atoms with Crippen molar-refractivity contribution in [3.8, 4) is 0 Å². The van der Waals surface area contributed by atoms with Crippen LogP contribution in [0.5, 0.6) is 0 Å². The molecule has 0 aliphatic carbocycles. The van der Waals surface area contributed by atoms with E-state index in [-0.39, 0.29) is 0 Å². The molecule has 0 saturated heterocycles. The zero-order chi connectivity index (χ0) is 12.9. The van der Waals surface area contributed by atoms with E-state index in [4.69, 9.17) is 0 Å². The third-order valence-corrected chi connectivity index (χ3v) is 4.25. The Hall–Kier alpha value is -1.33. The minimum Gasteiger partial charge on any atom is -0.313 e. The average molecular weight is 274 g/mol. The molecule has 19 heavy (non-hydrogen) atoms. The highest BCUT2D eigenvalue weighted by Crippen LogP contribution is 2.14. The van der Waals surface area contributed by atoms with Crippen LogP contribution in [0, 0.1) is 0 Å². The molecule has 3 rings (SSSR count). The predicted octanol–water partition coefficient (Wildman–Crippen LogP) is 1.86. The standard InChI is InChI=1S/C14H18N4S/c1-2-4-12(5-3-1)10-15-11-14-17-16-13-6-8-19-9-7-18(13)14/h1-5,15H,6-11H2. The number of nitrogens with zero attached hydrogens (tertiary/aromatic N) is 3. The van der Waals surface area contributed by atoms with Crippen LogP contribution in [0.25, 0.3) is 0 Å². The largest absolute Gasteiger partial charge is 0.313 e. The van der Waals surface area contributed by atoms with E-state index in [0.717, 1.165) is 49.2 Å². The summed E-state index contributed by atoms with van der Waals surface area (Å²) in [5, 5.41) is 12.1. The van der Waals surface area contributed by atoms with E-state index in [1.165, 1.54) is 5.56 Å². The number of hydrogen-bond acceptors (Lipinski definition) is 4. The van der Waals surface area contributed by atoms with Crippen LogP contribution in [-0.2, 0) is 26.1 Å². The van der Waals surface area contributed by atoms with Crippen LogP contribution in [-0.4, -0.2) is 26.3 Å². The lowest BCUT2D eigenvalue weighted by Crippen LogP contribution is -2.17. The van der Waals surface area contributed by atoms with Crippen molar-refractivity contribution in [1.82, 2.24) is 20.1 Å². The second-order valence-corrected chi connectivity index (χ2v) is 5.86. The number of rotatable bonds is 4. The number of fused-ring (bicyclic) bond motifs is 1. The predicted molar refractivity (Wildman–Crippen MR) is 78.0 cm³/mol. The van der Waals surface area contributed by atoms with Gasteiger partial charge in [0.25, 0.3) is 0 Å². The van der Waals surface area contributed by atoms with Gasteiger partial charge in [0.2, 0.25) is 0 Å². The van der Waals surface area contributed by atoms with E-state index >= 15 is 0 Å². The third-order valence-electron chi connectivity index (χ3n) is 3.29. The van der Waals surface area contributed by atoms with Gasteiger partial charge in [-0.3, -0.25) is 0 Å². The van der Waals surface area contributed by atoms with Gasteiger partial charge in [0.15, 0.2) is 0 Å². The number of nitrogens with one attached hydrogen (secondary N) is 1. The Kier molecular flexibility index (Phi) is 4.15. The maximum absolute atomic E-state index is 4.31. The molecule has 5 heteroatoms. The average Bonchev–Trinajstić information content (AvgIpc) is 2.69. The molecular formula is C14H18N4S. The molecule has 4 nitrogen and oxygen atoms in total. The zero-order valence-corrected chi connectivity index (χ0v) is 11.7. The molecule has 2 heterocycles. The van der Waals surface area contributed by atoms with Gasteiger partial charge in [-0.15, -0.1) is 10.2 Å². The fourth-order valence-corrected chi connectivity index (χ4v) is 3.12. The van der Waals surface area contributed by atoms with Gasteiger partial charge in [0, 0.05) is 31.0 Å². The fraction of sp³-hybridized carbons (Fsp3) is 0.429. The van der Waals surface area contributed by atoms with Crippen molar-refractivity contribution in [3.63, 3.8) is 0 Å². The van der Waals surface area contributed by atoms with Crippen LogP contribution < -0.4 is 5.32 Å². The highest BCUT2D eigenvalue weighted by Gasteiger charge is 2.14. The maximum Gasteiger partial charge on any atom is 0.147 e. The van der Waals surface area contributed by atoms with Crippen LogP contribution in [0.3, 0.4) is 0 Å². The summed E-state index contributed by atoms with van der Waals surface area (Å²) >= 11 is 2.00. The lowest BCUT2D eigenvalue weighted by atomic mass is 10.2. The van der Waals surface area contributed by atoms with Gasteiger partial charge in [0.1, 0.15) is 11.6 Å². The summed E-state index contributed by atoms with van der Waals surface area (Å²) in [6.07, 6.45) is 1.04. The lowest BCUT2D eigenvalue weighted by molar-refractivity contribution is 0.607. The molecule has 0 unspecified atom stereocenters. The Morgan fingerprint density at radius 1 is 1.11 bits per heavy atom. The molecule has 2 aromatic rings. The summed E-state index contributed by atoms with van der Waals surface area (Å²) in [7, 11) is 0. The van der Waals surface area contributed by atoms with E-state index in [1.54, 1.807) is 0 Å². The normalized spacial score (nSPS) is 14.9. The van der Waals surface area contributed by atoms with Crippen molar-refractivity contribution in [2.24, 2.45) is 0 Å². The Labute approximate surface area is 117 Å². The van der Waals surface area contributed by atoms with Gasteiger partial charge >= 0.3 is 0 Å². The smallest absolute Gasteiger partial charge is 0.147 e. The molecule has 0 fully saturated rings. The highest BCUT2D eigenvalue weighted by molar-refractivity contribution is 7.99. The lowest BCUT2D eigenvalue weighted by Gasteiger charge is -2.07. The van der Waals surface area contributed by atoms with Crippen LogP contribution in [0.15, 0.2) is 30.3 Å². The van der Waals surface area contributed by atoms with Crippen molar-refractivity contribution in [1.29, 1.82) is 0 Å². The maximum atomic E-state index is 4.31. The van der Waals surface area contributed by atoms with Gasteiger partial charge in [-0.2, -0.15) is 11.8 Å². The molecule has 1 aromatic carbocycles. The van der Waals surface area contributed by atoms with E-state index < -0.39 is 0 Å². The zero-order valence-electron chi connectivity index (χ0n) is 10.9. The minimum absolute atomic E-state index is 0.784. The quantitative estimate of drug-likeness (QED) is 0.924. The Bertz CT molecular complexity index is 523. The van der Waals surface area contributed by atoms with Crippen molar-refractivity contribution < 1.29 is 0 Å². The summed E-state index contributed by atoms with van der Waals surface area (Å²) in [4.78, 5) is 0. The minimum atomic E-state index is 0.784. The number of thioether (sulfide) groups is 1. The van der Waals surface area contributed by atoms with Crippen molar-refractivity contribution in [2.45, 2.75) is 26.1 Å². The van der Waals surface area contributed by atoms with E-state index in [0.29, 0.717) is 0 Å². The first kappa shape index (κ1) is 12.7. The molecule has 0 spiro atoms. The summed E-state index contributed by atoms with van der Waals surface area (Å²) < 4.78 is 2.28. The molecule has 0 bridgehead atoms. The van der Waals surface area contributed by atoms with Crippen LogP contribution in [0.1, 0.15) is 17.2 Å². The van der Waals surface area contributed by atoms with Gasteiger partial charge in [-0.05, 0) is 5.56 Å². The molecule has 1 aliphatic heterocycles. The first-order valence-electron chi connectivity index (χ1n) is 6.67. The van der Waals surface area contributed by atoms with E-state index in [1.807, 2.05) is 17.8 Å². The number of hydrogen-bond donors (Lipinski definition) is 1. The van der Waals surface area contributed by atoms with Crippen LogP contribution in [0.4, 0.5) is 0 Å². The van der Waals surface area contributed by atoms with Gasteiger partial charge in [-0.1, -0.05) is 30.3 Å². The molecule has 1 N–H and O–H groups in total. The van der Waals surface area contributed by atoms with Crippen molar-refractivity contribution in [3.05, 3.63) is 47.5 Å². The second kappa shape index (κ2) is 6.21. The monoisotopic (exact) mass is 274 g/mol. The first-order chi connectivity index (χ1) is 9.43. The summed E-state index contributed by atoms with van der Waals surface area (Å²) in [6.45, 7) is 2.69. The van der Waals surface area contributed by atoms with Crippen molar-refractivity contribution >= 4 is 11.8 Å². The topological polar surface area (TPSA) is 42.7 Å². The van der Waals surface area contributed by atoms with Gasteiger partial charge in [-0.25, -0.2) is 0 Å². The number of benzene rings is 1.